The van der Waals surface area contributed by atoms with Crippen LogP contribution < -0.4 is 0 Å². The van der Waals surface area contributed by atoms with Gasteiger partial charge in [0.25, 0.3) is 0 Å². The lowest BCUT2D eigenvalue weighted by atomic mass is 9.60. The zero-order valence-electron chi connectivity index (χ0n) is 12.3. The predicted molar refractivity (Wildman–Crippen MR) is 70.8 cm³/mol. The van der Waals surface area contributed by atoms with E-state index in [1.807, 2.05) is 6.92 Å². The Kier molecular flexibility index (Phi) is 2.55. The van der Waals surface area contributed by atoms with E-state index in [0.29, 0.717) is 6.42 Å². The van der Waals surface area contributed by atoms with Gasteiger partial charge in [-0.15, -0.1) is 0 Å². The Hall–Kier alpha value is -0.650. The fraction of sp³-hybridized carbons (Fsp3) is 0.933. The van der Waals surface area contributed by atoms with Gasteiger partial charge in [-0.1, -0.05) is 20.8 Å². The zero-order valence-corrected chi connectivity index (χ0v) is 12.3. The minimum Gasteiger partial charge on any atom is -0.481 e. The molecule has 0 aromatic heterocycles. The fourth-order valence-electron chi connectivity index (χ4n) is 5.58. The molecule has 114 valence electrons. The summed E-state index contributed by atoms with van der Waals surface area (Å²) in [6, 6.07) is 0. The van der Waals surface area contributed by atoms with Crippen molar-refractivity contribution in [1.29, 1.82) is 0 Å². The van der Waals surface area contributed by atoms with Crippen molar-refractivity contribution in [2.45, 2.75) is 51.7 Å². The van der Waals surface area contributed by atoms with E-state index in [1.165, 1.54) is 0 Å². The number of fused-ring (bicyclic) bond motifs is 3. The van der Waals surface area contributed by atoms with Gasteiger partial charge in [0.2, 0.25) is 0 Å². The van der Waals surface area contributed by atoms with Crippen LogP contribution in [0.2, 0.25) is 0 Å². The first-order valence-corrected chi connectivity index (χ1v) is 7.30. The van der Waals surface area contributed by atoms with Crippen molar-refractivity contribution in [2.75, 3.05) is 6.61 Å². The highest BCUT2D eigenvalue weighted by atomic mass is 16.4. The third kappa shape index (κ3) is 1.27. The van der Waals surface area contributed by atoms with Crippen molar-refractivity contribution >= 4 is 5.97 Å². The molecule has 4 N–H and O–H groups in total. The van der Waals surface area contributed by atoms with Crippen molar-refractivity contribution in [1.82, 2.24) is 0 Å². The smallest absolute Gasteiger partial charge is 0.313 e. The van der Waals surface area contributed by atoms with E-state index >= 15 is 0 Å². The number of aliphatic carboxylic acids is 1. The summed E-state index contributed by atoms with van der Waals surface area (Å²) in [5.74, 6) is -1.14. The van der Waals surface area contributed by atoms with E-state index in [-0.39, 0.29) is 17.3 Å². The molecule has 0 amide bonds. The molecule has 6 atom stereocenters. The number of hydrogen-bond donors (Lipinski definition) is 4. The van der Waals surface area contributed by atoms with Crippen LogP contribution in [0.4, 0.5) is 0 Å². The number of carboxylic acid groups (broad SMARTS) is 1. The summed E-state index contributed by atoms with van der Waals surface area (Å²) in [6.07, 6.45) is 0.778. The van der Waals surface area contributed by atoms with Gasteiger partial charge in [-0.2, -0.15) is 0 Å². The van der Waals surface area contributed by atoms with Crippen LogP contribution in [0.15, 0.2) is 0 Å². The zero-order chi connectivity index (χ0) is 15.1. The van der Waals surface area contributed by atoms with E-state index in [1.54, 1.807) is 0 Å². The average molecular weight is 284 g/mol. The Labute approximate surface area is 118 Å². The first-order valence-electron chi connectivity index (χ1n) is 7.30. The molecule has 5 heteroatoms. The van der Waals surface area contributed by atoms with E-state index in [0.717, 1.165) is 12.8 Å². The third-order valence-electron chi connectivity index (χ3n) is 6.62. The third-order valence-corrected chi connectivity index (χ3v) is 6.62. The normalized spacial score (nSPS) is 56.0. The van der Waals surface area contributed by atoms with Gasteiger partial charge in [0.05, 0.1) is 12.7 Å². The summed E-state index contributed by atoms with van der Waals surface area (Å²) >= 11 is 0. The Morgan fingerprint density at radius 3 is 2.35 bits per heavy atom. The molecule has 0 unspecified atom stereocenters. The van der Waals surface area contributed by atoms with Crippen molar-refractivity contribution in [3.05, 3.63) is 0 Å². The summed E-state index contributed by atoms with van der Waals surface area (Å²) in [5, 5.41) is 40.6. The standard InChI is InChI=1S/C15H24O5/c1-12(2)4-8-9(5-12)13(3)6-14(13,11(18)19)15(20,7-16)10(8)17/h8-10,16-17,20H,4-7H2,1-3H3,(H,18,19)/t8-,9+,10-,13+,14-,15+/m1/s1. The molecule has 0 saturated heterocycles. The van der Waals surface area contributed by atoms with Gasteiger partial charge in [0.1, 0.15) is 11.0 Å². The quantitative estimate of drug-likeness (QED) is 0.596. The second-order valence-corrected chi connectivity index (χ2v) is 8.17. The van der Waals surface area contributed by atoms with Gasteiger partial charge in [0.15, 0.2) is 0 Å². The molecule has 3 aliphatic rings. The first kappa shape index (κ1) is 14.3. The summed E-state index contributed by atoms with van der Waals surface area (Å²) in [5.41, 5.74) is -3.84. The van der Waals surface area contributed by atoms with Crippen LogP contribution in [0, 0.1) is 28.1 Å². The van der Waals surface area contributed by atoms with Crippen LogP contribution in [0.1, 0.15) is 40.0 Å². The fourth-order valence-corrected chi connectivity index (χ4v) is 5.58. The van der Waals surface area contributed by atoms with Crippen LogP contribution >= 0.6 is 0 Å². The highest BCUT2D eigenvalue weighted by Crippen LogP contribution is 2.80. The molecule has 0 bridgehead atoms. The lowest BCUT2D eigenvalue weighted by molar-refractivity contribution is -0.218. The van der Waals surface area contributed by atoms with Gasteiger partial charge in [0, 0.05) is 0 Å². The molecule has 0 aromatic carbocycles. The maximum Gasteiger partial charge on any atom is 0.313 e. The SMILES string of the molecule is CC1(C)C[C@H]2[C@@H](O)[C@@](O)(CO)[C@@]3(C(=O)O)C[C@@]3(C)[C@H]2C1. The Morgan fingerprint density at radius 1 is 1.25 bits per heavy atom. The summed E-state index contributed by atoms with van der Waals surface area (Å²) in [4.78, 5) is 11.8. The van der Waals surface area contributed by atoms with Crippen molar-refractivity contribution < 1.29 is 25.2 Å². The molecule has 0 spiro atoms. The van der Waals surface area contributed by atoms with E-state index in [4.69, 9.17) is 0 Å². The van der Waals surface area contributed by atoms with Crippen molar-refractivity contribution in [3.63, 3.8) is 0 Å². The van der Waals surface area contributed by atoms with Crippen LogP contribution in [0.5, 0.6) is 0 Å². The molecular formula is C15H24O5. The molecule has 3 saturated carbocycles. The topological polar surface area (TPSA) is 98.0 Å². The molecule has 0 radical (unpaired) electrons. The number of aliphatic hydroxyl groups is 3. The van der Waals surface area contributed by atoms with Crippen LogP contribution in [-0.2, 0) is 4.79 Å². The van der Waals surface area contributed by atoms with E-state index in [2.05, 4.69) is 13.8 Å². The van der Waals surface area contributed by atoms with E-state index < -0.39 is 35.1 Å². The maximum absolute atomic E-state index is 11.8. The lowest BCUT2D eigenvalue weighted by Gasteiger charge is -2.49. The van der Waals surface area contributed by atoms with Crippen molar-refractivity contribution in [2.24, 2.45) is 28.1 Å². The lowest BCUT2D eigenvalue weighted by Crippen LogP contribution is -2.64. The number of carbonyl (C=O) groups is 1. The Balaban J connectivity index is 2.12. The number of rotatable bonds is 2. The molecule has 3 fully saturated rings. The molecule has 5 nitrogen and oxygen atoms in total. The highest BCUT2D eigenvalue weighted by molar-refractivity contribution is 5.83. The predicted octanol–water partition coefficient (Wildman–Crippen LogP) is 0.618. The number of hydrogen-bond acceptors (Lipinski definition) is 4. The molecule has 3 aliphatic carbocycles. The van der Waals surface area contributed by atoms with Gasteiger partial charge in [-0.25, -0.2) is 0 Å². The second kappa shape index (κ2) is 3.57. The summed E-state index contributed by atoms with van der Waals surface area (Å²) in [7, 11) is 0. The van der Waals surface area contributed by atoms with Crippen LogP contribution in [-0.4, -0.2) is 44.7 Å². The monoisotopic (exact) mass is 284 g/mol. The molecule has 0 aliphatic heterocycles. The molecule has 3 rings (SSSR count). The van der Waals surface area contributed by atoms with Gasteiger partial charge in [-0.05, 0) is 41.9 Å². The minimum atomic E-state index is -1.94. The molecule has 0 aromatic rings. The maximum atomic E-state index is 11.8. The summed E-state index contributed by atoms with van der Waals surface area (Å²) < 4.78 is 0. The highest BCUT2D eigenvalue weighted by Gasteiger charge is 2.86. The first-order chi connectivity index (χ1) is 9.06. The number of carboxylic acids is 1. The van der Waals surface area contributed by atoms with Crippen LogP contribution in [0.25, 0.3) is 0 Å². The molecule has 20 heavy (non-hydrogen) atoms. The molecule has 0 heterocycles. The van der Waals surface area contributed by atoms with Gasteiger partial charge >= 0.3 is 5.97 Å². The second-order valence-electron chi connectivity index (χ2n) is 8.17. The van der Waals surface area contributed by atoms with Crippen molar-refractivity contribution in [3.8, 4) is 0 Å². The largest absolute Gasteiger partial charge is 0.481 e. The Bertz CT molecular complexity index is 475. The number of aliphatic hydroxyl groups excluding tert-OH is 2. The average Bonchev–Trinajstić information content (AvgIpc) is 2.88. The van der Waals surface area contributed by atoms with Crippen LogP contribution in [0.3, 0.4) is 0 Å². The molecular weight excluding hydrogens is 260 g/mol. The van der Waals surface area contributed by atoms with Gasteiger partial charge in [-0.3, -0.25) is 4.79 Å². The van der Waals surface area contributed by atoms with E-state index in [9.17, 15) is 25.2 Å². The Morgan fingerprint density at radius 2 is 1.85 bits per heavy atom. The van der Waals surface area contributed by atoms with Gasteiger partial charge < -0.3 is 20.4 Å². The minimum absolute atomic E-state index is 0.0346. The summed E-state index contributed by atoms with van der Waals surface area (Å²) in [6.45, 7) is 5.42.